The number of aromatic nitrogens is 2. The fraction of sp³-hybridized carbons (Fsp3) is 0.500. The molecule has 4 rings (SSSR count). The molecule has 152 valence electrons. The predicted octanol–water partition coefficient (Wildman–Crippen LogP) is 2.64. The quantitative estimate of drug-likeness (QED) is 0.671. The van der Waals surface area contributed by atoms with E-state index in [0.29, 0.717) is 17.3 Å². The van der Waals surface area contributed by atoms with Crippen molar-refractivity contribution >= 4 is 11.7 Å². The van der Waals surface area contributed by atoms with Crippen LogP contribution in [0.2, 0.25) is 0 Å². The molecular weight excluding hydrogens is 364 g/mol. The van der Waals surface area contributed by atoms with Crippen LogP contribution in [0, 0.1) is 22.7 Å². The maximum Gasteiger partial charge on any atom is 0.256 e. The highest BCUT2D eigenvalue weighted by Gasteiger charge is 2.42. The normalized spacial score (nSPS) is 22.6. The van der Waals surface area contributed by atoms with Crippen molar-refractivity contribution < 1.29 is 4.79 Å². The second-order valence-electron chi connectivity index (χ2n) is 8.34. The molecule has 29 heavy (non-hydrogen) atoms. The number of nitrogens with one attached hydrogen (secondary N) is 2. The van der Waals surface area contributed by atoms with E-state index in [1.165, 1.54) is 12.6 Å². The molecule has 7 heteroatoms. The molecule has 0 aliphatic heterocycles. The first-order valence-electron chi connectivity index (χ1n) is 10.4. The summed E-state index contributed by atoms with van der Waals surface area (Å²) in [7, 11) is 0. The third kappa shape index (κ3) is 4.28. The van der Waals surface area contributed by atoms with Crippen LogP contribution in [0.25, 0.3) is 5.69 Å². The number of hydrogen-bond donors (Lipinski definition) is 3. The number of nitriles is 1. The number of hydrogen-bond acceptors (Lipinski definition) is 5. The number of rotatable bonds is 7. The van der Waals surface area contributed by atoms with Crippen LogP contribution < -0.4 is 16.4 Å². The van der Waals surface area contributed by atoms with E-state index in [1.54, 1.807) is 4.68 Å². The largest absolute Gasteiger partial charge is 0.383 e. The van der Waals surface area contributed by atoms with Crippen molar-refractivity contribution in [3.8, 4) is 11.8 Å². The van der Waals surface area contributed by atoms with Crippen molar-refractivity contribution in [1.82, 2.24) is 20.4 Å². The third-order valence-electron chi connectivity index (χ3n) is 6.24. The summed E-state index contributed by atoms with van der Waals surface area (Å²) in [5.74, 6) is 0.550. The predicted molar refractivity (Wildman–Crippen MR) is 111 cm³/mol. The van der Waals surface area contributed by atoms with Crippen molar-refractivity contribution in [3.05, 3.63) is 42.1 Å². The number of nitrogens with zero attached hydrogens (tertiary/aromatic N) is 3. The van der Waals surface area contributed by atoms with Gasteiger partial charge in [0, 0.05) is 12.6 Å². The van der Waals surface area contributed by atoms with Gasteiger partial charge in [0.2, 0.25) is 0 Å². The Kier molecular flexibility index (Phi) is 5.54. The molecule has 0 saturated heterocycles. The number of anilines is 1. The maximum atomic E-state index is 12.9. The van der Waals surface area contributed by atoms with Gasteiger partial charge in [0.05, 0.1) is 23.4 Å². The summed E-state index contributed by atoms with van der Waals surface area (Å²) in [4.78, 5) is 12.9. The first-order valence-corrected chi connectivity index (χ1v) is 10.4. The van der Waals surface area contributed by atoms with Crippen molar-refractivity contribution in [2.24, 2.45) is 11.3 Å². The molecule has 0 spiro atoms. The van der Waals surface area contributed by atoms with Crippen LogP contribution in [-0.4, -0.2) is 34.8 Å². The second-order valence-corrected chi connectivity index (χ2v) is 8.34. The summed E-state index contributed by atoms with van der Waals surface area (Å²) < 4.78 is 1.59. The highest BCUT2D eigenvalue weighted by Crippen LogP contribution is 2.44. The molecule has 0 bridgehead atoms. The lowest BCUT2D eigenvalue weighted by Gasteiger charge is -2.32. The Morgan fingerprint density at radius 2 is 2.03 bits per heavy atom. The molecular formula is C22H28N6O. The molecule has 1 heterocycles. The summed E-state index contributed by atoms with van der Waals surface area (Å²) in [5, 5.41) is 20.2. The smallest absolute Gasteiger partial charge is 0.256 e. The summed E-state index contributed by atoms with van der Waals surface area (Å²) >= 11 is 0. The Morgan fingerprint density at radius 3 is 2.76 bits per heavy atom. The van der Waals surface area contributed by atoms with E-state index in [9.17, 15) is 10.1 Å². The third-order valence-corrected chi connectivity index (χ3v) is 6.24. The minimum absolute atomic E-state index is 0.112. The first-order chi connectivity index (χ1) is 14.1. The number of benzene rings is 1. The Bertz CT molecular complexity index is 896. The minimum Gasteiger partial charge on any atom is -0.383 e. The van der Waals surface area contributed by atoms with Crippen LogP contribution in [0.5, 0.6) is 0 Å². The van der Waals surface area contributed by atoms with Gasteiger partial charge in [-0.15, -0.1) is 0 Å². The zero-order chi connectivity index (χ0) is 20.3. The molecule has 2 aliphatic rings. The molecule has 0 radical (unpaired) electrons. The fourth-order valence-corrected chi connectivity index (χ4v) is 4.17. The zero-order valence-corrected chi connectivity index (χ0v) is 16.6. The van der Waals surface area contributed by atoms with Crippen LogP contribution in [0.3, 0.4) is 0 Å². The summed E-state index contributed by atoms with van der Waals surface area (Å²) in [5.41, 5.74) is 7.32. The first kappa shape index (κ1) is 19.5. The summed E-state index contributed by atoms with van der Waals surface area (Å²) in [6.07, 6.45) is 7.86. The molecule has 7 nitrogen and oxygen atoms in total. The second kappa shape index (κ2) is 8.26. The lowest BCUT2D eigenvalue weighted by Crippen LogP contribution is -2.46. The number of nitrogen functional groups attached to an aromatic ring is 1. The molecule has 2 aromatic rings. The van der Waals surface area contributed by atoms with Gasteiger partial charge in [-0.25, -0.2) is 4.68 Å². The maximum absolute atomic E-state index is 12.9. The standard InChI is InChI=1S/C22H28N6O/c23-14-22(10-11-22)15-25-12-16-6-4-5-9-19(16)27-21(29)18-13-26-28(20(18)24)17-7-2-1-3-8-17/h1-3,7-8,13,16,19,25H,4-6,9-12,15,24H2,(H,27,29)/t16-,19+/m1/s1. The SMILES string of the molecule is N#CC1(CNC[C@H]2CCCC[C@@H]2NC(=O)c2cnn(-c3ccccc3)c2N)CC1. The Morgan fingerprint density at radius 1 is 1.28 bits per heavy atom. The minimum atomic E-state index is -0.169. The lowest BCUT2D eigenvalue weighted by atomic mass is 9.84. The van der Waals surface area contributed by atoms with Gasteiger partial charge in [0.25, 0.3) is 5.91 Å². The van der Waals surface area contributed by atoms with Crippen LogP contribution in [0.1, 0.15) is 48.9 Å². The topological polar surface area (TPSA) is 109 Å². The van der Waals surface area contributed by atoms with Crippen molar-refractivity contribution in [2.45, 2.75) is 44.6 Å². The van der Waals surface area contributed by atoms with Gasteiger partial charge < -0.3 is 16.4 Å². The van der Waals surface area contributed by atoms with Gasteiger partial charge in [-0.05, 0) is 50.3 Å². The molecule has 1 aromatic carbocycles. The molecule has 2 saturated carbocycles. The van der Waals surface area contributed by atoms with Gasteiger partial charge in [-0.1, -0.05) is 31.0 Å². The van der Waals surface area contributed by atoms with Crippen LogP contribution in [0.15, 0.2) is 36.5 Å². The summed E-state index contributed by atoms with van der Waals surface area (Å²) in [6.45, 7) is 1.57. The van der Waals surface area contributed by atoms with E-state index in [-0.39, 0.29) is 17.4 Å². The summed E-state index contributed by atoms with van der Waals surface area (Å²) in [6, 6.07) is 12.1. The molecule has 2 atom stereocenters. The van der Waals surface area contributed by atoms with E-state index < -0.39 is 0 Å². The molecule has 2 fully saturated rings. The number of nitrogens with two attached hydrogens (primary N) is 1. The van der Waals surface area contributed by atoms with Crippen LogP contribution in [0.4, 0.5) is 5.82 Å². The van der Waals surface area contributed by atoms with Gasteiger partial charge in [-0.3, -0.25) is 4.79 Å². The van der Waals surface area contributed by atoms with E-state index >= 15 is 0 Å². The van der Waals surface area contributed by atoms with E-state index in [4.69, 9.17) is 5.73 Å². The number of carbonyl (C=O) groups excluding carboxylic acids is 1. The molecule has 0 unspecified atom stereocenters. The molecule has 4 N–H and O–H groups in total. The van der Waals surface area contributed by atoms with Gasteiger partial charge in [-0.2, -0.15) is 10.4 Å². The highest BCUT2D eigenvalue weighted by molar-refractivity contribution is 5.98. The number of carbonyl (C=O) groups is 1. The Labute approximate surface area is 171 Å². The van der Waals surface area contributed by atoms with Gasteiger partial charge >= 0.3 is 0 Å². The van der Waals surface area contributed by atoms with E-state index in [0.717, 1.165) is 50.9 Å². The molecule has 1 amide bonds. The average molecular weight is 393 g/mol. The highest BCUT2D eigenvalue weighted by atomic mass is 16.1. The zero-order valence-electron chi connectivity index (χ0n) is 16.6. The van der Waals surface area contributed by atoms with Crippen molar-refractivity contribution in [1.29, 1.82) is 5.26 Å². The molecule has 2 aliphatic carbocycles. The van der Waals surface area contributed by atoms with Gasteiger partial charge in [0.15, 0.2) is 0 Å². The van der Waals surface area contributed by atoms with E-state index in [2.05, 4.69) is 21.8 Å². The Hall–Kier alpha value is -2.85. The van der Waals surface area contributed by atoms with E-state index in [1.807, 2.05) is 30.3 Å². The molecule has 1 aromatic heterocycles. The monoisotopic (exact) mass is 392 g/mol. The van der Waals surface area contributed by atoms with Gasteiger partial charge in [0.1, 0.15) is 11.4 Å². The van der Waals surface area contributed by atoms with Crippen molar-refractivity contribution in [2.75, 3.05) is 18.8 Å². The Balaban J connectivity index is 1.39. The number of para-hydroxylation sites is 1. The van der Waals surface area contributed by atoms with Crippen molar-refractivity contribution in [3.63, 3.8) is 0 Å². The lowest BCUT2D eigenvalue weighted by molar-refractivity contribution is 0.0906. The fourth-order valence-electron chi connectivity index (χ4n) is 4.17. The van der Waals surface area contributed by atoms with Crippen LogP contribution in [-0.2, 0) is 0 Å². The number of amides is 1. The van der Waals surface area contributed by atoms with Crippen LogP contribution >= 0.6 is 0 Å². The average Bonchev–Trinajstić information content (AvgIpc) is 3.43.